The van der Waals surface area contributed by atoms with E-state index in [9.17, 15) is 19.2 Å². The van der Waals surface area contributed by atoms with E-state index in [-0.39, 0.29) is 47.5 Å². The summed E-state index contributed by atoms with van der Waals surface area (Å²) in [5, 5.41) is 5.64. The summed E-state index contributed by atoms with van der Waals surface area (Å²) in [5.74, 6) is -0.555. The molecule has 2 N–H and O–H groups in total. The summed E-state index contributed by atoms with van der Waals surface area (Å²) in [5.41, 5.74) is 0. The van der Waals surface area contributed by atoms with Gasteiger partial charge in [-0.25, -0.2) is 0 Å². The molecule has 0 atom stereocenters. The summed E-state index contributed by atoms with van der Waals surface area (Å²) in [7, 11) is 2.70. The Kier molecular flexibility index (Phi) is 28.4. The Labute approximate surface area is 179 Å². The summed E-state index contributed by atoms with van der Waals surface area (Å²) in [6.45, 7) is 1.15. The molecule has 0 unspecified atom stereocenters. The summed E-state index contributed by atoms with van der Waals surface area (Å²) in [4.78, 5) is 45.0. The number of rotatable bonds is 15. The molecule has 2 amide bonds. The van der Waals surface area contributed by atoms with Gasteiger partial charge < -0.3 is 20.1 Å². The molecule has 0 heterocycles. The molecule has 176 valence electrons. The molecule has 0 saturated heterocycles. The van der Waals surface area contributed by atoms with Crippen molar-refractivity contribution in [3.8, 4) is 0 Å². The lowest BCUT2D eigenvalue weighted by molar-refractivity contribution is -0.141. The van der Waals surface area contributed by atoms with E-state index in [0.29, 0.717) is 64.5 Å². The monoisotopic (exact) mass is 422 g/mol. The summed E-state index contributed by atoms with van der Waals surface area (Å²) in [6.07, 6.45) is 5.67. The van der Waals surface area contributed by atoms with E-state index < -0.39 is 0 Å². The minimum atomic E-state index is -0.254. The van der Waals surface area contributed by atoms with E-state index in [0.717, 1.165) is 12.8 Å². The van der Waals surface area contributed by atoms with Gasteiger partial charge in [0.15, 0.2) is 0 Å². The number of unbranched alkanes of at least 4 members (excludes halogenated alkanes) is 3. The van der Waals surface area contributed by atoms with Crippen molar-refractivity contribution in [2.45, 2.75) is 86.5 Å². The Balaban J connectivity index is -0.000000521. The van der Waals surface area contributed by atoms with Crippen molar-refractivity contribution in [2.24, 2.45) is 0 Å². The first-order valence-corrected chi connectivity index (χ1v) is 9.16. The summed E-state index contributed by atoms with van der Waals surface area (Å²) < 4.78 is 9.06. The van der Waals surface area contributed by atoms with Crippen LogP contribution in [0.25, 0.3) is 0 Å². The molecule has 8 nitrogen and oxygen atoms in total. The largest absolute Gasteiger partial charge is 0.469 e. The Morgan fingerprint density at radius 1 is 0.586 bits per heavy atom. The van der Waals surface area contributed by atoms with E-state index in [2.05, 4.69) is 20.1 Å². The van der Waals surface area contributed by atoms with Gasteiger partial charge in [0.25, 0.3) is 0 Å². The second-order valence-corrected chi connectivity index (χ2v) is 5.97. The average molecular weight is 423 g/mol. The lowest BCUT2D eigenvalue weighted by Gasteiger charge is -2.07. The summed E-state index contributed by atoms with van der Waals surface area (Å²) in [6, 6.07) is 0. The quantitative estimate of drug-likeness (QED) is 0.308. The van der Waals surface area contributed by atoms with Crippen LogP contribution in [-0.4, -0.2) is 51.1 Å². The fraction of sp³-hybridized carbons (Fsp3) is 0.810. The van der Waals surface area contributed by atoms with Crippen molar-refractivity contribution in [3.05, 3.63) is 0 Å². The van der Waals surface area contributed by atoms with Crippen molar-refractivity contribution in [1.82, 2.24) is 10.6 Å². The second-order valence-electron chi connectivity index (χ2n) is 5.97. The molecule has 0 aromatic heterocycles. The van der Waals surface area contributed by atoms with Crippen LogP contribution in [0, 0.1) is 0 Å². The van der Waals surface area contributed by atoms with Gasteiger partial charge in [0.05, 0.1) is 14.2 Å². The van der Waals surface area contributed by atoms with Crippen LogP contribution in [0.5, 0.6) is 0 Å². The molecule has 0 aliphatic heterocycles. The van der Waals surface area contributed by atoms with Crippen molar-refractivity contribution in [3.63, 3.8) is 0 Å². The maximum Gasteiger partial charge on any atom is 0.305 e. The summed E-state index contributed by atoms with van der Waals surface area (Å²) >= 11 is 0. The minimum absolute atomic E-state index is 0. The van der Waals surface area contributed by atoms with Crippen LogP contribution < -0.4 is 10.6 Å². The second kappa shape index (κ2) is 23.9. The SMILES string of the molecule is C.C.C.COC(=O)CCCCC(=O)NCCCCNC(=O)CCCCC(=O)OC.[HH]. The Morgan fingerprint density at radius 3 is 1.21 bits per heavy atom. The third-order valence-electron chi connectivity index (χ3n) is 3.77. The number of hydrogen-bond donors (Lipinski definition) is 2. The highest BCUT2D eigenvalue weighted by atomic mass is 16.5. The zero-order chi connectivity index (χ0) is 19.6. The predicted octanol–water partition coefficient (Wildman–Crippen LogP) is 3.62. The number of methoxy groups -OCH3 is 2. The van der Waals surface area contributed by atoms with Gasteiger partial charge in [0, 0.05) is 40.2 Å². The normalized spacial score (nSPS) is 9.03. The molecular formula is C21H46N2O6. The van der Waals surface area contributed by atoms with Gasteiger partial charge in [-0.1, -0.05) is 22.3 Å². The van der Waals surface area contributed by atoms with E-state index in [1.165, 1.54) is 14.2 Å². The third-order valence-corrected chi connectivity index (χ3v) is 3.77. The number of nitrogens with one attached hydrogen (secondary N) is 2. The first-order chi connectivity index (χ1) is 12.5. The molecule has 8 heteroatoms. The number of carbonyl (C=O) groups excluding carboxylic acids is 4. The highest BCUT2D eigenvalue weighted by Gasteiger charge is 2.05. The van der Waals surface area contributed by atoms with Gasteiger partial charge in [-0.3, -0.25) is 19.2 Å². The van der Waals surface area contributed by atoms with Crippen LogP contribution in [0.2, 0.25) is 0 Å². The lowest BCUT2D eigenvalue weighted by atomic mass is 10.2. The Hall–Kier alpha value is -2.12. The number of ether oxygens (including phenoxy) is 2. The van der Waals surface area contributed by atoms with Gasteiger partial charge >= 0.3 is 11.9 Å². The van der Waals surface area contributed by atoms with Crippen molar-refractivity contribution in [2.75, 3.05) is 27.3 Å². The van der Waals surface area contributed by atoms with E-state index >= 15 is 0 Å². The first kappa shape index (κ1) is 34.4. The zero-order valence-corrected chi connectivity index (χ0v) is 15.9. The molecule has 0 spiro atoms. The van der Waals surface area contributed by atoms with Gasteiger partial charge in [-0.05, 0) is 38.5 Å². The number of carbonyl (C=O) groups is 4. The van der Waals surface area contributed by atoms with E-state index in [1.54, 1.807) is 0 Å². The van der Waals surface area contributed by atoms with E-state index in [4.69, 9.17) is 0 Å². The highest BCUT2D eigenvalue weighted by Crippen LogP contribution is 2.02. The van der Waals surface area contributed by atoms with Crippen LogP contribution in [-0.2, 0) is 28.7 Å². The number of esters is 2. The van der Waals surface area contributed by atoms with Crippen molar-refractivity contribution < 1.29 is 30.1 Å². The van der Waals surface area contributed by atoms with Gasteiger partial charge in [-0.15, -0.1) is 0 Å². The topological polar surface area (TPSA) is 111 Å². The Bertz CT molecular complexity index is 407. The van der Waals surface area contributed by atoms with Crippen molar-refractivity contribution in [1.29, 1.82) is 0 Å². The van der Waals surface area contributed by atoms with Crippen molar-refractivity contribution >= 4 is 23.8 Å². The number of hydrogen-bond acceptors (Lipinski definition) is 6. The van der Waals surface area contributed by atoms with Crippen LogP contribution in [0.3, 0.4) is 0 Å². The minimum Gasteiger partial charge on any atom is -0.469 e. The average Bonchev–Trinajstić information content (AvgIpc) is 2.64. The molecular weight excluding hydrogens is 376 g/mol. The third kappa shape index (κ3) is 23.8. The van der Waals surface area contributed by atoms with Crippen LogP contribution in [0.4, 0.5) is 0 Å². The van der Waals surface area contributed by atoms with E-state index in [1.807, 2.05) is 0 Å². The smallest absolute Gasteiger partial charge is 0.305 e. The Morgan fingerprint density at radius 2 is 0.897 bits per heavy atom. The van der Waals surface area contributed by atoms with Crippen LogP contribution >= 0.6 is 0 Å². The first-order valence-electron chi connectivity index (χ1n) is 9.16. The highest BCUT2D eigenvalue weighted by molar-refractivity contribution is 5.76. The standard InChI is InChI=1S/C18H32N2O6.3CH4.H2/c1-25-17(23)11-5-3-9-15(21)19-13-7-8-14-20-16(22)10-4-6-12-18(24)26-2;;;;/h3-14H2,1-2H3,(H,19,21)(H,20,22);3*1H4;1H. The molecule has 29 heavy (non-hydrogen) atoms. The lowest BCUT2D eigenvalue weighted by Crippen LogP contribution is -2.27. The molecule has 0 bridgehead atoms. The molecule has 0 aromatic rings. The number of amides is 2. The fourth-order valence-corrected chi connectivity index (χ4v) is 2.20. The molecule has 0 rings (SSSR count). The predicted molar refractivity (Wildman–Crippen MR) is 119 cm³/mol. The maximum atomic E-state index is 11.6. The van der Waals surface area contributed by atoms with Gasteiger partial charge in [0.2, 0.25) is 11.8 Å². The fourth-order valence-electron chi connectivity index (χ4n) is 2.20. The molecule has 0 aromatic carbocycles. The molecule has 0 saturated carbocycles. The molecule has 0 radical (unpaired) electrons. The molecule has 0 fully saturated rings. The zero-order valence-electron chi connectivity index (χ0n) is 15.9. The van der Waals surface area contributed by atoms with Crippen LogP contribution in [0.1, 0.15) is 87.9 Å². The molecule has 0 aliphatic rings. The van der Waals surface area contributed by atoms with Crippen LogP contribution in [0.15, 0.2) is 0 Å². The maximum absolute atomic E-state index is 11.6. The molecule has 0 aliphatic carbocycles. The van der Waals surface area contributed by atoms with Gasteiger partial charge in [-0.2, -0.15) is 0 Å². The van der Waals surface area contributed by atoms with Gasteiger partial charge in [0.1, 0.15) is 0 Å².